The Morgan fingerprint density at radius 2 is 2.00 bits per heavy atom. The first-order valence-electron chi connectivity index (χ1n) is 7.65. The second-order valence-corrected chi connectivity index (χ2v) is 6.86. The van der Waals surface area contributed by atoms with Crippen molar-refractivity contribution in [1.82, 2.24) is 10.6 Å². The summed E-state index contributed by atoms with van der Waals surface area (Å²) >= 11 is 1.40. The quantitative estimate of drug-likeness (QED) is 0.746. The van der Waals surface area contributed by atoms with E-state index in [9.17, 15) is 9.59 Å². The van der Waals surface area contributed by atoms with Gasteiger partial charge in [0.25, 0.3) is 5.91 Å². The molecule has 0 fully saturated rings. The van der Waals surface area contributed by atoms with E-state index in [-0.39, 0.29) is 24.4 Å². The molecule has 5 nitrogen and oxygen atoms in total. The summed E-state index contributed by atoms with van der Waals surface area (Å²) in [6.07, 6.45) is 0. The van der Waals surface area contributed by atoms with E-state index < -0.39 is 0 Å². The minimum absolute atomic E-state index is 0.0691. The van der Waals surface area contributed by atoms with Crippen LogP contribution in [0.15, 0.2) is 46.9 Å². The zero-order valence-corrected chi connectivity index (χ0v) is 14.3. The van der Waals surface area contributed by atoms with Crippen LogP contribution >= 0.6 is 11.3 Å². The number of hydrogen-bond acceptors (Lipinski definition) is 4. The molecule has 124 valence electrons. The lowest BCUT2D eigenvalue weighted by molar-refractivity contribution is -0.120. The van der Waals surface area contributed by atoms with Crippen molar-refractivity contribution in [2.24, 2.45) is 0 Å². The van der Waals surface area contributed by atoms with Crippen molar-refractivity contribution in [1.29, 1.82) is 0 Å². The van der Waals surface area contributed by atoms with Crippen molar-refractivity contribution in [3.05, 3.63) is 58.0 Å². The SMILES string of the molecule is Cc1ccc(C(=O)NCC(=O)N[C@@H](C)c2cc3ccccc3o2)s1. The summed E-state index contributed by atoms with van der Waals surface area (Å²) in [5, 5.41) is 6.44. The highest BCUT2D eigenvalue weighted by Crippen LogP contribution is 2.23. The summed E-state index contributed by atoms with van der Waals surface area (Å²) in [4.78, 5) is 25.6. The third kappa shape index (κ3) is 3.65. The lowest BCUT2D eigenvalue weighted by atomic mass is 10.2. The molecule has 1 aromatic carbocycles. The molecule has 0 bridgehead atoms. The molecule has 6 heteroatoms. The summed E-state index contributed by atoms with van der Waals surface area (Å²) in [7, 11) is 0. The average Bonchev–Trinajstić information content (AvgIpc) is 3.18. The lowest BCUT2D eigenvalue weighted by Gasteiger charge is -2.11. The molecule has 1 atom stereocenters. The number of hydrogen-bond donors (Lipinski definition) is 2. The lowest BCUT2D eigenvalue weighted by Crippen LogP contribution is -2.37. The van der Waals surface area contributed by atoms with Crippen molar-refractivity contribution < 1.29 is 14.0 Å². The zero-order chi connectivity index (χ0) is 17.1. The Bertz CT molecular complexity index is 848. The number of aryl methyl sites for hydroxylation is 1. The molecule has 0 saturated heterocycles. The Kier molecular flexibility index (Phi) is 4.66. The van der Waals surface area contributed by atoms with Gasteiger partial charge in [0, 0.05) is 10.3 Å². The number of rotatable bonds is 5. The minimum Gasteiger partial charge on any atom is -0.459 e. The number of amides is 2. The van der Waals surface area contributed by atoms with Gasteiger partial charge in [-0.2, -0.15) is 0 Å². The number of para-hydroxylation sites is 1. The van der Waals surface area contributed by atoms with Crippen LogP contribution in [-0.2, 0) is 4.79 Å². The van der Waals surface area contributed by atoms with E-state index in [1.807, 2.05) is 50.2 Å². The first-order chi connectivity index (χ1) is 11.5. The van der Waals surface area contributed by atoms with Gasteiger partial charge in [0.2, 0.25) is 5.91 Å². The van der Waals surface area contributed by atoms with Gasteiger partial charge in [-0.1, -0.05) is 18.2 Å². The molecule has 3 aromatic rings. The number of carbonyl (C=O) groups excluding carboxylic acids is 2. The van der Waals surface area contributed by atoms with Gasteiger partial charge in [0.15, 0.2) is 0 Å². The Balaban J connectivity index is 1.55. The van der Waals surface area contributed by atoms with Crippen LogP contribution in [0, 0.1) is 6.92 Å². The Hall–Kier alpha value is -2.60. The Morgan fingerprint density at radius 1 is 1.21 bits per heavy atom. The predicted octanol–water partition coefficient (Wildman–Crippen LogP) is 3.41. The maximum Gasteiger partial charge on any atom is 0.261 e. The normalized spacial score (nSPS) is 12.1. The van der Waals surface area contributed by atoms with Crippen molar-refractivity contribution in [2.75, 3.05) is 6.54 Å². The van der Waals surface area contributed by atoms with E-state index in [2.05, 4.69) is 10.6 Å². The monoisotopic (exact) mass is 342 g/mol. The Labute approximate surface area is 143 Å². The molecule has 2 heterocycles. The summed E-state index contributed by atoms with van der Waals surface area (Å²) in [5.41, 5.74) is 0.787. The zero-order valence-electron chi connectivity index (χ0n) is 13.5. The molecule has 2 aromatic heterocycles. The molecule has 0 aliphatic rings. The van der Waals surface area contributed by atoms with Crippen LogP contribution < -0.4 is 10.6 Å². The second kappa shape index (κ2) is 6.88. The predicted molar refractivity (Wildman–Crippen MR) is 94.2 cm³/mol. The average molecular weight is 342 g/mol. The molecule has 0 aliphatic heterocycles. The molecule has 0 unspecified atom stereocenters. The van der Waals surface area contributed by atoms with E-state index in [4.69, 9.17) is 4.42 Å². The van der Waals surface area contributed by atoms with Crippen LogP contribution in [-0.4, -0.2) is 18.4 Å². The fraction of sp³-hybridized carbons (Fsp3) is 0.222. The number of furan rings is 1. The molecule has 2 amide bonds. The highest BCUT2D eigenvalue weighted by Gasteiger charge is 2.15. The summed E-state index contributed by atoms with van der Waals surface area (Å²) < 4.78 is 5.73. The first kappa shape index (κ1) is 16.3. The third-order valence-corrected chi connectivity index (χ3v) is 4.62. The fourth-order valence-electron chi connectivity index (χ4n) is 2.38. The molecule has 0 spiro atoms. The number of benzene rings is 1. The van der Waals surface area contributed by atoms with Gasteiger partial charge >= 0.3 is 0 Å². The fourth-order valence-corrected chi connectivity index (χ4v) is 3.17. The van der Waals surface area contributed by atoms with Crippen molar-refractivity contribution in [3.63, 3.8) is 0 Å². The molecule has 3 rings (SSSR count). The molecule has 0 saturated carbocycles. The highest BCUT2D eigenvalue weighted by molar-refractivity contribution is 7.13. The van der Waals surface area contributed by atoms with Crippen LogP contribution in [0.2, 0.25) is 0 Å². The van der Waals surface area contributed by atoms with Crippen LogP contribution in [0.4, 0.5) is 0 Å². The van der Waals surface area contributed by atoms with Crippen LogP contribution in [0.5, 0.6) is 0 Å². The van der Waals surface area contributed by atoms with Crippen molar-refractivity contribution >= 4 is 34.1 Å². The molecule has 0 radical (unpaired) electrons. The van der Waals surface area contributed by atoms with E-state index in [1.54, 1.807) is 6.07 Å². The van der Waals surface area contributed by atoms with Gasteiger partial charge in [-0.25, -0.2) is 0 Å². The summed E-state index contributed by atoms with van der Waals surface area (Å²) in [6, 6.07) is 13.0. The van der Waals surface area contributed by atoms with Gasteiger partial charge < -0.3 is 15.1 Å². The highest BCUT2D eigenvalue weighted by atomic mass is 32.1. The molecular formula is C18H18N2O3S. The van der Waals surface area contributed by atoms with Gasteiger partial charge in [0.1, 0.15) is 11.3 Å². The van der Waals surface area contributed by atoms with Gasteiger partial charge in [0.05, 0.1) is 17.5 Å². The van der Waals surface area contributed by atoms with Crippen LogP contribution in [0.1, 0.15) is 33.3 Å². The van der Waals surface area contributed by atoms with Gasteiger partial charge in [-0.05, 0) is 38.1 Å². The van der Waals surface area contributed by atoms with E-state index in [0.717, 1.165) is 15.8 Å². The van der Waals surface area contributed by atoms with E-state index in [1.165, 1.54) is 11.3 Å². The van der Waals surface area contributed by atoms with Crippen molar-refractivity contribution in [2.45, 2.75) is 19.9 Å². The molecule has 0 aliphatic carbocycles. The van der Waals surface area contributed by atoms with Gasteiger partial charge in [-0.3, -0.25) is 9.59 Å². The number of thiophene rings is 1. The minimum atomic E-state index is -0.272. The largest absolute Gasteiger partial charge is 0.459 e. The maximum absolute atomic E-state index is 12.0. The third-order valence-electron chi connectivity index (χ3n) is 3.62. The van der Waals surface area contributed by atoms with E-state index in [0.29, 0.717) is 10.6 Å². The smallest absolute Gasteiger partial charge is 0.261 e. The standard InChI is InChI=1S/C18H18N2O3S/c1-11-7-8-16(24-11)18(22)19-10-17(21)20-12(2)15-9-13-5-3-4-6-14(13)23-15/h3-9,12H,10H2,1-2H3,(H,19,22)(H,20,21)/t12-/m0/s1. The summed E-state index contributed by atoms with van der Waals surface area (Å²) in [6.45, 7) is 3.71. The van der Waals surface area contributed by atoms with Crippen LogP contribution in [0.3, 0.4) is 0 Å². The summed E-state index contributed by atoms with van der Waals surface area (Å²) in [5.74, 6) is 0.189. The van der Waals surface area contributed by atoms with Crippen molar-refractivity contribution in [3.8, 4) is 0 Å². The van der Waals surface area contributed by atoms with Crippen LogP contribution in [0.25, 0.3) is 11.0 Å². The number of nitrogens with one attached hydrogen (secondary N) is 2. The topological polar surface area (TPSA) is 71.3 Å². The number of carbonyl (C=O) groups is 2. The number of fused-ring (bicyclic) bond motifs is 1. The molecule has 24 heavy (non-hydrogen) atoms. The molecule has 2 N–H and O–H groups in total. The Morgan fingerprint density at radius 3 is 2.71 bits per heavy atom. The maximum atomic E-state index is 12.0. The second-order valence-electron chi connectivity index (χ2n) is 5.57. The molecular weight excluding hydrogens is 324 g/mol. The van der Waals surface area contributed by atoms with E-state index >= 15 is 0 Å². The van der Waals surface area contributed by atoms with Gasteiger partial charge in [-0.15, -0.1) is 11.3 Å². The first-order valence-corrected chi connectivity index (χ1v) is 8.47.